The van der Waals surface area contributed by atoms with Gasteiger partial charge in [-0.05, 0) is 18.2 Å². The normalized spacial score (nSPS) is 10.4. The summed E-state index contributed by atoms with van der Waals surface area (Å²) in [4.78, 5) is 14.8. The minimum Gasteiger partial charge on any atom is -0.478 e. The van der Waals surface area contributed by atoms with E-state index in [2.05, 4.69) is 10.3 Å². The third-order valence-electron chi connectivity index (χ3n) is 2.34. The first kappa shape index (κ1) is 14.5. The monoisotopic (exact) mass is 318 g/mol. The van der Waals surface area contributed by atoms with E-state index in [9.17, 15) is 13.6 Å². The highest BCUT2D eigenvalue weighted by atomic mass is 35.5. The lowest BCUT2D eigenvalue weighted by Crippen LogP contribution is -2.06. The number of hydrogen-bond donors (Lipinski definition) is 2. The summed E-state index contributed by atoms with van der Waals surface area (Å²) in [5.41, 5.74) is -0.514. The van der Waals surface area contributed by atoms with Crippen LogP contribution in [-0.2, 0) is 0 Å². The van der Waals surface area contributed by atoms with Crippen molar-refractivity contribution in [2.75, 3.05) is 5.32 Å². The Morgan fingerprint density at radius 2 is 1.95 bits per heavy atom. The average Bonchev–Trinajstić information content (AvgIpc) is 2.33. The smallest absolute Gasteiger partial charge is 0.339 e. The summed E-state index contributed by atoms with van der Waals surface area (Å²) < 4.78 is 26.6. The van der Waals surface area contributed by atoms with Gasteiger partial charge in [0, 0.05) is 6.07 Å². The molecule has 2 rings (SSSR count). The molecular formula is C12H6Cl2F2N2O2. The number of nitrogens with one attached hydrogen (secondary N) is 1. The highest BCUT2D eigenvalue weighted by molar-refractivity contribution is 6.33. The standard InChI is InChI=1S/C12H6Cl2F2N2O2/c13-7-3-5(15)4-8(16)10(7)18-11-6(12(19)20)1-2-9(14)17-11/h1-4H,(H,17,18)(H,19,20). The zero-order valence-electron chi connectivity index (χ0n) is 9.62. The number of aromatic carboxylic acids is 1. The third-order valence-corrected chi connectivity index (χ3v) is 2.85. The number of carboxylic acid groups (broad SMARTS) is 1. The van der Waals surface area contributed by atoms with Crippen molar-refractivity contribution in [1.82, 2.24) is 4.98 Å². The summed E-state index contributed by atoms with van der Waals surface area (Å²) in [6, 6.07) is 3.98. The maximum Gasteiger partial charge on any atom is 0.339 e. The van der Waals surface area contributed by atoms with Gasteiger partial charge in [-0.3, -0.25) is 0 Å². The number of aromatic nitrogens is 1. The van der Waals surface area contributed by atoms with E-state index in [4.69, 9.17) is 28.3 Å². The summed E-state index contributed by atoms with van der Waals surface area (Å²) >= 11 is 11.4. The molecule has 1 heterocycles. The summed E-state index contributed by atoms with van der Waals surface area (Å²) in [5, 5.41) is 11.2. The zero-order valence-corrected chi connectivity index (χ0v) is 11.1. The number of anilines is 2. The van der Waals surface area contributed by atoms with Gasteiger partial charge in [0.1, 0.15) is 22.4 Å². The molecule has 2 N–H and O–H groups in total. The van der Waals surface area contributed by atoms with E-state index >= 15 is 0 Å². The highest BCUT2D eigenvalue weighted by Crippen LogP contribution is 2.30. The Morgan fingerprint density at radius 1 is 1.25 bits per heavy atom. The van der Waals surface area contributed by atoms with Gasteiger partial charge in [-0.25, -0.2) is 18.6 Å². The van der Waals surface area contributed by atoms with Gasteiger partial charge in [-0.2, -0.15) is 0 Å². The lowest BCUT2D eigenvalue weighted by Gasteiger charge is -2.11. The van der Waals surface area contributed by atoms with Crippen LogP contribution in [0.4, 0.5) is 20.3 Å². The number of carboxylic acids is 1. The number of halogens is 4. The quantitative estimate of drug-likeness (QED) is 0.836. The molecule has 0 saturated heterocycles. The second kappa shape index (κ2) is 5.60. The Balaban J connectivity index is 2.50. The molecule has 0 aliphatic heterocycles. The minimum absolute atomic E-state index is 0.0103. The Kier molecular flexibility index (Phi) is 4.06. The fourth-order valence-electron chi connectivity index (χ4n) is 1.48. The first-order chi connectivity index (χ1) is 9.38. The molecule has 0 amide bonds. The molecule has 4 nitrogen and oxygen atoms in total. The molecule has 0 fully saturated rings. The molecule has 0 aliphatic carbocycles. The van der Waals surface area contributed by atoms with Crippen LogP contribution < -0.4 is 5.32 Å². The van der Waals surface area contributed by atoms with Gasteiger partial charge in [-0.1, -0.05) is 23.2 Å². The Bertz CT molecular complexity index is 672. The van der Waals surface area contributed by atoms with Gasteiger partial charge in [0.15, 0.2) is 5.82 Å². The fourth-order valence-corrected chi connectivity index (χ4v) is 1.87. The second-order valence-corrected chi connectivity index (χ2v) is 4.50. The summed E-state index contributed by atoms with van der Waals surface area (Å²) in [6.45, 7) is 0. The van der Waals surface area contributed by atoms with Crippen LogP contribution in [0.5, 0.6) is 0 Å². The topological polar surface area (TPSA) is 62.2 Å². The zero-order chi connectivity index (χ0) is 14.9. The molecule has 2 aromatic rings. The van der Waals surface area contributed by atoms with Gasteiger partial charge >= 0.3 is 5.97 Å². The maximum atomic E-state index is 13.6. The van der Waals surface area contributed by atoms with E-state index in [0.717, 1.165) is 6.07 Å². The van der Waals surface area contributed by atoms with E-state index in [0.29, 0.717) is 6.07 Å². The minimum atomic E-state index is -1.28. The first-order valence-corrected chi connectivity index (χ1v) is 5.95. The molecule has 0 saturated carbocycles. The molecule has 0 radical (unpaired) electrons. The molecule has 8 heteroatoms. The van der Waals surface area contributed by atoms with Gasteiger partial charge in [0.25, 0.3) is 0 Å². The Hall–Kier alpha value is -1.92. The number of carbonyl (C=O) groups is 1. The van der Waals surface area contributed by atoms with Crippen LogP contribution in [0.3, 0.4) is 0 Å². The highest BCUT2D eigenvalue weighted by Gasteiger charge is 2.16. The molecule has 20 heavy (non-hydrogen) atoms. The molecule has 0 unspecified atom stereocenters. The molecule has 0 atom stereocenters. The van der Waals surface area contributed by atoms with Crippen molar-refractivity contribution in [2.24, 2.45) is 0 Å². The van der Waals surface area contributed by atoms with E-state index in [1.54, 1.807) is 0 Å². The van der Waals surface area contributed by atoms with Crippen molar-refractivity contribution >= 4 is 40.7 Å². The van der Waals surface area contributed by atoms with E-state index in [1.165, 1.54) is 12.1 Å². The third kappa shape index (κ3) is 2.97. The van der Waals surface area contributed by atoms with Crippen molar-refractivity contribution in [1.29, 1.82) is 0 Å². The predicted octanol–water partition coefficient (Wildman–Crippen LogP) is 4.11. The summed E-state index contributed by atoms with van der Waals surface area (Å²) in [7, 11) is 0. The van der Waals surface area contributed by atoms with Crippen LogP contribution in [0, 0.1) is 11.6 Å². The van der Waals surface area contributed by atoms with Crippen LogP contribution in [0.2, 0.25) is 10.2 Å². The Labute approximate surface area is 122 Å². The second-order valence-electron chi connectivity index (χ2n) is 3.70. The van der Waals surface area contributed by atoms with Gasteiger partial charge in [0.05, 0.1) is 10.7 Å². The average molecular weight is 319 g/mol. The molecular weight excluding hydrogens is 313 g/mol. The van der Waals surface area contributed by atoms with Crippen molar-refractivity contribution < 1.29 is 18.7 Å². The van der Waals surface area contributed by atoms with Crippen molar-refractivity contribution in [3.63, 3.8) is 0 Å². The number of nitrogens with zero attached hydrogens (tertiary/aromatic N) is 1. The number of hydrogen-bond acceptors (Lipinski definition) is 3. The summed E-state index contributed by atoms with van der Waals surface area (Å²) in [5.74, 6) is -3.31. The molecule has 0 bridgehead atoms. The lowest BCUT2D eigenvalue weighted by atomic mass is 10.2. The van der Waals surface area contributed by atoms with E-state index < -0.39 is 17.6 Å². The molecule has 1 aromatic carbocycles. The van der Waals surface area contributed by atoms with Crippen LogP contribution in [0.15, 0.2) is 24.3 Å². The van der Waals surface area contributed by atoms with Crippen LogP contribution in [-0.4, -0.2) is 16.1 Å². The molecule has 104 valence electrons. The first-order valence-electron chi connectivity index (χ1n) is 5.20. The van der Waals surface area contributed by atoms with Crippen molar-refractivity contribution in [2.45, 2.75) is 0 Å². The largest absolute Gasteiger partial charge is 0.478 e. The fraction of sp³-hybridized carbons (Fsp3) is 0. The molecule has 0 aliphatic rings. The van der Waals surface area contributed by atoms with Gasteiger partial charge in [0.2, 0.25) is 0 Å². The van der Waals surface area contributed by atoms with Gasteiger partial charge < -0.3 is 10.4 Å². The van der Waals surface area contributed by atoms with Crippen LogP contribution >= 0.6 is 23.2 Å². The van der Waals surface area contributed by atoms with E-state index in [-0.39, 0.29) is 27.2 Å². The van der Waals surface area contributed by atoms with Crippen LogP contribution in [0.1, 0.15) is 10.4 Å². The van der Waals surface area contributed by atoms with Crippen molar-refractivity contribution in [3.8, 4) is 0 Å². The maximum absolute atomic E-state index is 13.6. The SMILES string of the molecule is O=C(O)c1ccc(Cl)nc1Nc1c(F)cc(F)cc1Cl. The van der Waals surface area contributed by atoms with Crippen LogP contribution in [0.25, 0.3) is 0 Å². The predicted molar refractivity (Wildman–Crippen MR) is 70.9 cm³/mol. The molecule has 1 aromatic heterocycles. The van der Waals surface area contributed by atoms with Crippen molar-refractivity contribution in [3.05, 3.63) is 51.6 Å². The number of pyridine rings is 1. The molecule has 0 spiro atoms. The summed E-state index contributed by atoms with van der Waals surface area (Å²) in [6.07, 6.45) is 0. The Morgan fingerprint density at radius 3 is 2.55 bits per heavy atom. The lowest BCUT2D eigenvalue weighted by molar-refractivity contribution is 0.0697. The number of rotatable bonds is 3. The van der Waals surface area contributed by atoms with Gasteiger partial charge in [-0.15, -0.1) is 0 Å². The van der Waals surface area contributed by atoms with E-state index in [1.807, 2.05) is 0 Å². The number of benzene rings is 1.